The van der Waals surface area contributed by atoms with Crippen molar-refractivity contribution in [2.45, 2.75) is 26.8 Å². The van der Waals surface area contributed by atoms with Gasteiger partial charge in [0.15, 0.2) is 5.82 Å². The molecule has 3 aromatic rings. The van der Waals surface area contributed by atoms with E-state index in [1.165, 1.54) is 6.07 Å². The zero-order valence-corrected chi connectivity index (χ0v) is 18.0. The summed E-state index contributed by atoms with van der Waals surface area (Å²) in [5, 5.41) is 1.94. The van der Waals surface area contributed by atoms with Crippen LogP contribution in [0.15, 0.2) is 29.1 Å². The van der Waals surface area contributed by atoms with E-state index in [0.717, 1.165) is 5.69 Å². The fraction of sp³-hybridized carbons (Fsp3) is 0.391. The van der Waals surface area contributed by atoms with E-state index in [0.29, 0.717) is 61.6 Å². The number of anilines is 1. The molecular weight excluding hydrogens is 411 g/mol. The number of pyridine rings is 1. The Balaban J connectivity index is 1.42. The molecule has 32 heavy (non-hydrogen) atoms. The van der Waals surface area contributed by atoms with Crippen molar-refractivity contribution in [1.29, 1.82) is 0 Å². The number of rotatable bonds is 5. The van der Waals surface area contributed by atoms with E-state index < -0.39 is 18.7 Å². The van der Waals surface area contributed by atoms with Crippen LogP contribution < -0.4 is 15.8 Å². The summed E-state index contributed by atoms with van der Waals surface area (Å²) in [6, 6.07) is 6.73. The summed E-state index contributed by atoms with van der Waals surface area (Å²) in [7, 11) is 0. The first-order valence-electron chi connectivity index (χ1n) is 12.0. The number of nitrogens with one attached hydrogen (secondary N) is 2. The summed E-state index contributed by atoms with van der Waals surface area (Å²) >= 11 is 0. The second-order valence-electron chi connectivity index (χ2n) is 7.82. The minimum absolute atomic E-state index is 0.0476. The lowest BCUT2D eigenvalue weighted by molar-refractivity contribution is 0.0958. The van der Waals surface area contributed by atoms with E-state index >= 15 is 4.39 Å². The molecule has 0 saturated carbocycles. The Bertz CT molecular complexity index is 1320. The minimum atomic E-state index is -2.57. The van der Waals surface area contributed by atoms with Crippen LogP contribution in [0.2, 0.25) is 0 Å². The number of benzene rings is 1. The van der Waals surface area contributed by atoms with Gasteiger partial charge in [0.1, 0.15) is 16.9 Å². The van der Waals surface area contributed by atoms with Crippen molar-refractivity contribution in [2.75, 3.05) is 38.1 Å². The molecule has 0 bridgehead atoms. The lowest BCUT2D eigenvalue weighted by Crippen LogP contribution is -2.46. The lowest BCUT2D eigenvalue weighted by atomic mass is 10.1. The van der Waals surface area contributed by atoms with Crippen LogP contribution in [0.3, 0.4) is 0 Å². The zero-order chi connectivity index (χ0) is 25.3. The number of carbonyl (C=O) groups excluding carboxylic acids is 1. The normalized spacial score (nSPS) is 16.5. The number of fused-ring (bicyclic) bond motifs is 1. The molecule has 1 aliphatic heterocycles. The van der Waals surface area contributed by atoms with Gasteiger partial charge in [-0.1, -0.05) is 13.0 Å². The van der Waals surface area contributed by atoms with Crippen LogP contribution in [0.1, 0.15) is 38.5 Å². The predicted octanol–water partition coefficient (Wildman–Crippen LogP) is 2.01. The van der Waals surface area contributed by atoms with Gasteiger partial charge in [0, 0.05) is 49.4 Å². The van der Waals surface area contributed by atoms with Crippen LogP contribution in [-0.4, -0.2) is 58.9 Å². The van der Waals surface area contributed by atoms with E-state index in [2.05, 4.69) is 24.8 Å². The van der Waals surface area contributed by atoms with Crippen molar-refractivity contribution in [2.24, 2.45) is 0 Å². The smallest absolute Gasteiger partial charge is 0.270 e. The van der Waals surface area contributed by atoms with E-state index in [1.54, 1.807) is 25.1 Å². The van der Waals surface area contributed by atoms with Gasteiger partial charge in [-0.05, 0) is 31.5 Å². The summed E-state index contributed by atoms with van der Waals surface area (Å²) in [6.07, 6.45) is 0.478. The number of nitrogens with zero attached hydrogens (tertiary/aromatic N) is 4. The summed E-state index contributed by atoms with van der Waals surface area (Å²) in [4.78, 5) is 39.6. The molecule has 4 rings (SSSR count). The fourth-order valence-electron chi connectivity index (χ4n) is 4.03. The third-order valence-corrected chi connectivity index (χ3v) is 5.80. The largest absolute Gasteiger partial charge is 0.368 e. The maximum absolute atomic E-state index is 15.1. The number of hydrogen-bond donors (Lipinski definition) is 2. The van der Waals surface area contributed by atoms with E-state index in [4.69, 9.17) is 4.11 Å². The molecular formula is C23H27FN6O2. The van der Waals surface area contributed by atoms with Gasteiger partial charge in [0.25, 0.3) is 11.5 Å². The Morgan fingerprint density at radius 3 is 2.69 bits per heavy atom. The average Bonchev–Trinajstić information content (AvgIpc) is 2.80. The molecule has 8 nitrogen and oxygen atoms in total. The minimum Gasteiger partial charge on any atom is -0.368 e. The van der Waals surface area contributed by atoms with Crippen LogP contribution >= 0.6 is 0 Å². The van der Waals surface area contributed by atoms with Crippen molar-refractivity contribution < 1.29 is 13.3 Å². The van der Waals surface area contributed by atoms with Crippen molar-refractivity contribution in [1.82, 2.24) is 25.2 Å². The standard InChI is InChI=1S/C23H27FN6O2/c1-4-16-23(32)28-21-17(27-16)6-5-15(20(21)24)13-29-9-11-30(12-10-29)19-8-7-18(22(31)25-3)26-14(19)2/h5-8H,4,9-13H2,1-3H3,(H,25,31)(H,28,32)/i3D3. The van der Waals surface area contributed by atoms with Gasteiger partial charge >= 0.3 is 0 Å². The van der Waals surface area contributed by atoms with Crippen LogP contribution in [0.25, 0.3) is 11.0 Å². The van der Waals surface area contributed by atoms with Crippen LogP contribution in [0.4, 0.5) is 10.1 Å². The molecule has 1 saturated heterocycles. The Morgan fingerprint density at radius 2 is 2.00 bits per heavy atom. The molecule has 0 aliphatic carbocycles. The second-order valence-corrected chi connectivity index (χ2v) is 7.82. The van der Waals surface area contributed by atoms with Crippen LogP contribution in [-0.2, 0) is 13.0 Å². The van der Waals surface area contributed by atoms with Gasteiger partial charge in [-0.3, -0.25) is 14.5 Å². The number of hydrogen-bond acceptors (Lipinski definition) is 6. The lowest BCUT2D eigenvalue weighted by Gasteiger charge is -2.36. The summed E-state index contributed by atoms with van der Waals surface area (Å²) in [5.41, 5.74) is 2.62. The number of halogens is 1. The number of amides is 1. The molecule has 0 atom stereocenters. The first kappa shape index (κ1) is 18.3. The molecule has 1 aromatic carbocycles. The maximum atomic E-state index is 15.1. The molecule has 168 valence electrons. The highest BCUT2D eigenvalue weighted by Crippen LogP contribution is 2.23. The quantitative estimate of drug-likeness (QED) is 0.629. The van der Waals surface area contributed by atoms with Crippen molar-refractivity contribution in [3.05, 3.63) is 63.1 Å². The van der Waals surface area contributed by atoms with Gasteiger partial charge in [-0.25, -0.2) is 14.4 Å². The van der Waals surface area contributed by atoms with E-state index in [-0.39, 0.29) is 16.8 Å². The number of piperazine rings is 1. The van der Waals surface area contributed by atoms with Crippen molar-refractivity contribution in [3.8, 4) is 0 Å². The highest BCUT2D eigenvalue weighted by molar-refractivity contribution is 5.92. The van der Waals surface area contributed by atoms with Crippen molar-refractivity contribution in [3.63, 3.8) is 0 Å². The predicted molar refractivity (Wildman–Crippen MR) is 122 cm³/mol. The molecule has 2 N–H and O–H groups in total. The molecule has 0 spiro atoms. The van der Waals surface area contributed by atoms with Gasteiger partial charge in [0.05, 0.1) is 16.9 Å². The molecule has 9 heteroatoms. The van der Waals surface area contributed by atoms with E-state index in [9.17, 15) is 9.59 Å². The first-order chi connectivity index (χ1) is 16.6. The van der Waals surface area contributed by atoms with Crippen LogP contribution in [0, 0.1) is 12.7 Å². The first-order valence-corrected chi connectivity index (χ1v) is 10.5. The number of aromatic amines is 1. The third kappa shape index (κ3) is 4.20. The summed E-state index contributed by atoms with van der Waals surface area (Å²) in [5.74, 6) is -1.20. The van der Waals surface area contributed by atoms with Gasteiger partial charge in [0.2, 0.25) is 0 Å². The fourth-order valence-corrected chi connectivity index (χ4v) is 4.03. The zero-order valence-electron chi connectivity index (χ0n) is 21.0. The molecule has 1 fully saturated rings. The molecule has 0 unspecified atom stereocenters. The summed E-state index contributed by atoms with van der Waals surface area (Å²) < 4.78 is 36.6. The maximum Gasteiger partial charge on any atom is 0.270 e. The average molecular weight is 442 g/mol. The van der Waals surface area contributed by atoms with E-state index in [1.807, 2.05) is 12.2 Å². The highest BCUT2D eigenvalue weighted by atomic mass is 19.1. The Kier molecular flexibility index (Phi) is 5.16. The Labute approximate surface area is 189 Å². The molecule has 1 aliphatic rings. The SMILES string of the molecule is [2H]C([2H])([2H])NC(=O)c1ccc(N2CCN(Cc3ccc4nc(CC)c(=O)[nH]c4c3F)CC2)c(C)n1. The Hall–Kier alpha value is -3.33. The third-order valence-electron chi connectivity index (χ3n) is 5.80. The van der Waals surface area contributed by atoms with Gasteiger partial charge in [-0.15, -0.1) is 0 Å². The number of H-pyrrole nitrogens is 1. The molecule has 3 heterocycles. The Morgan fingerprint density at radius 1 is 1.22 bits per heavy atom. The molecule has 0 radical (unpaired) electrons. The van der Waals surface area contributed by atoms with Gasteiger partial charge < -0.3 is 15.2 Å². The topological polar surface area (TPSA) is 94.2 Å². The summed E-state index contributed by atoms with van der Waals surface area (Å²) in [6.45, 7) is 4.15. The number of aromatic nitrogens is 3. The monoisotopic (exact) mass is 441 g/mol. The second kappa shape index (κ2) is 9.04. The number of aryl methyl sites for hydroxylation is 2. The molecule has 2 aromatic heterocycles. The van der Waals surface area contributed by atoms with Gasteiger partial charge in [-0.2, -0.15) is 0 Å². The highest BCUT2D eigenvalue weighted by Gasteiger charge is 2.21. The number of carbonyl (C=O) groups is 1. The van der Waals surface area contributed by atoms with Crippen molar-refractivity contribution >= 4 is 22.6 Å². The van der Waals surface area contributed by atoms with Crippen LogP contribution in [0.5, 0.6) is 0 Å². The molecule has 1 amide bonds.